The third kappa shape index (κ3) is 4.95. The van der Waals surface area contributed by atoms with Crippen molar-refractivity contribution in [1.29, 1.82) is 0 Å². The normalized spacial score (nSPS) is 11.6. The van der Waals surface area contributed by atoms with Crippen LogP contribution in [-0.4, -0.2) is 15.0 Å². The van der Waals surface area contributed by atoms with Gasteiger partial charge in [0, 0.05) is 47.6 Å². The lowest BCUT2D eigenvalue weighted by Crippen LogP contribution is -1.99. The Labute approximate surface area is 292 Å². The van der Waals surface area contributed by atoms with E-state index in [4.69, 9.17) is 19.4 Å². The van der Waals surface area contributed by atoms with Gasteiger partial charge in [0.25, 0.3) is 0 Å². The zero-order chi connectivity index (χ0) is 33.0. The lowest BCUT2D eigenvalue weighted by atomic mass is 9.98. The number of fused-ring (bicyclic) bond motifs is 6. The summed E-state index contributed by atoms with van der Waals surface area (Å²) in [5.41, 5.74) is 9.48. The molecule has 3 aromatic heterocycles. The molecule has 234 valence electrons. The summed E-state index contributed by atoms with van der Waals surface area (Å²) >= 11 is 1.80. The standard InChI is InChI=1S/C45H27N3OS/c1-3-9-30(10-4-1)43-46-44(31-11-5-2-6-12-31)48-45(47-43)34-20-23-37-36-22-19-33(26-41(36)50-42(37)27-34)29-17-15-28(16-18-29)32-21-24-40-38(25-32)35-13-7-8-14-39(35)49-40/h1-27H. The average molecular weight is 658 g/mol. The molecule has 10 rings (SSSR count). The van der Waals surface area contributed by atoms with Crippen LogP contribution in [0.4, 0.5) is 0 Å². The molecule has 0 unspecified atom stereocenters. The molecule has 0 spiro atoms. The monoisotopic (exact) mass is 657 g/mol. The predicted octanol–water partition coefficient (Wildman–Crippen LogP) is 12.5. The Kier molecular flexibility index (Phi) is 6.64. The maximum absolute atomic E-state index is 6.04. The van der Waals surface area contributed by atoms with Crippen LogP contribution in [0.3, 0.4) is 0 Å². The summed E-state index contributed by atoms with van der Waals surface area (Å²) in [4.78, 5) is 14.7. The summed E-state index contributed by atoms with van der Waals surface area (Å²) in [5.74, 6) is 1.99. The van der Waals surface area contributed by atoms with Gasteiger partial charge in [-0.1, -0.05) is 133 Å². The molecule has 4 nitrogen and oxygen atoms in total. The van der Waals surface area contributed by atoms with Gasteiger partial charge in [-0.15, -0.1) is 11.3 Å². The van der Waals surface area contributed by atoms with E-state index in [1.165, 1.54) is 42.4 Å². The summed E-state index contributed by atoms with van der Waals surface area (Å²) in [6, 6.07) is 57.0. The molecule has 3 heterocycles. The predicted molar refractivity (Wildman–Crippen MR) is 207 cm³/mol. The van der Waals surface area contributed by atoms with E-state index in [2.05, 4.69) is 91.0 Å². The highest BCUT2D eigenvalue weighted by Gasteiger charge is 2.15. The van der Waals surface area contributed by atoms with Crippen molar-refractivity contribution in [3.05, 3.63) is 164 Å². The minimum atomic E-state index is 0.664. The van der Waals surface area contributed by atoms with Gasteiger partial charge in [-0.2, -0.15) is 0 Å². The van der Waals surface area contributed by atoms with E-state index >= 15 is 0 Å². The molecule has 0 amide bonds. The van der Waals surface area contributed by atoms with Crippen molar-refractivity contribution < 1.29 is 4.42 Å². The molecule has 0 aliphatic carbocycles. The molecule has 0 aliphatic rings. The van der Waals surface area contributed by atoms with Crippen molar-refractivity contribution in [3.63, 3.8) is 0 Å². The Balaban J connectivity index is 0.996. The van der Waals surface area contributed by atoms with Crippen LogP contribution in [0, 0.1) is 0 Å². The van der Waals surface area contributed by atoms with Crippen LogP contribution in [-0.2, 0) is 0 Å². The average Bonchev–Trinajstić information content (AvgIpc) is 3.75. The zero-order valence-corrected chi connectivity index (χ0v) is 27.6. The second-order valence-electron chi connectivity index (χ2n) is 12.4. The van der Waals surface area contributed by atoms with Gasteiger partial charge in [0.2, 0.25) is 0 Å². The van der Waals surface area contributed by atoms with Gasteiger partial charge >= 0.3 is 0 Å². The summed E-state index contributed by atoms with van der Waals surface area (Å²) in [6.45, 7) is 0. The first-order chi connectivity index (χ1) is 24.7. The summed E-state index contributed by atoms with van der Waals surface area (Å²) in [5, 5.41) is 4.78. The summed E-state index contributed by atoms with van der Waals surface area (Å²) in [7, 11) is 0. The molecular formula is C45H27N3OS. The molecule has 50 heavy (non-hydrogen) atoms. The van der Waals surface area contributed by atoms with E-state index in [9.17, 15) is 0 Å². The van der Waals surface area contributed by atoms with Crippen molar-refractivity contribution in [2.75, 3.05) is 0 Å². The number of hydrogen-bond donors (Lipinski definition) is 0. The Morgan fingerprint density at radius 3 is 1.42 bits per heavy atom. The van der Waals surface area contributed by atoms with Gasteiger partial charge in [0.1, 0.15) is 11.2 Å². The third-order valence-electron chi connectivity index (χ3n) is 9.36. The van der Waals surface area contributed by atoms with Crippen molar-refractivity contribution in [2.45, 2.75) is 0 Å². The molecule has 0 bridgehead atoms. The smallest absolute Gasteiger partial charge is 0.164 e. The lowest BCUT2D eigenvalue weighted by Gasteiger charge is -2.08. The molecule has 0 aliphatic heterocycles. The number of nitrogens with zero attached hydrogens (tertiary/aromatic N) is 3. The van der Waals surface area contributed by atoms with Crippen molar-refractivity contribution in [3.8, 4) is 56.4 Å². The molecule has 0 fully saturated rings. The highest BCUT2D eigenvalue weighted by atomic mass is 32.1. The van der Waals surface area contributed by atoms with E-state index in [0.29, 0.717) is 17.5 Å². The van der Waals surface area contributed by atoms with E-state index in [1.54, 1.807) is 11.3 Å². The lowest BCUT2D eigenvalue weighted by molar-refractivity contribution is 0.669. The van der Waals surface area contributed by atoms with E-state index in [0.717, 1.165) is 38.6 Å². The van der Waals surface area contributed by atoms with Crippen LogP contribution in [0.1, 0.15) is 0 Å². The second-order valence-corrected chi connectivity index (χ2v) is 13.5. The van der Waals surface area contributed by atoms with Crippen LogP contribution < -0.4 is 0 Å². The molecule has 5 heteroatoms. The molecule has 0 radical (unpaired) electrons. The fourth-order valence-electron chi connectivity index (χ4n) is 6.79. The number of aromatic nitrogens is 3. The molecule has 7 aromatic carbocycles. The van der Waals surface area contributed by atoms with Gasteiger partial charge in [0.15, 0.2) is 17.5 Å². The van der Waals surface area contributed by atoms with Crippen LogP contribution in [0.25, 0.3) is 98.5 Å². The van der Waals surface area contributed by atoms with Gasteiger partial charge in [-0.05, 0) is 52.6 Å². The Hall–Kier alpha value is -6.43. The maximum Gasteiger partial charge on any atom is 0.164 e. The molecule has 0 atom stereocenters. The topological polar surface area (TPSA) is 51.8 Å². The number of furan rings is 1. The van der Waals surface area contributed by atoms with Crippen molar-refractivity contribution in [2.24, 2.45) is 0 Å². The van der Waals surface area contributed by atoms with E-state index in [1.807, 2.05) is 72.8 Å². The molecule has 0 N–H and O–H groups in total. The number of benzene rings is 7. The number of thiophene rings is 1. The number of rotatable bonds is 5. The largest absolute Gasteiger partial charge is 0.456 e. The van der Waals surface area contributed by atoms with Crippen LogP contribution in [0.5, 0.6) is 0 Å². The van der Waals surface area contributed by atoms with Crippen molar-refractivity contribution in [1.82, 2.24) is 15.0 Å². The number of hydrogen-bond acceptors (Lipinski definition) is 5. The quantitative estimate of drug-likeness (QED) is 0.185. The van der Waals surface area contributed by atoms with E-state index in [-0.39, 0.29) is 0 Å². The Bertz CT molecular complexity index is 2800. The Morgan fingerprint density at radius 1 is 0.320 bits per heavy atom. The van der Waals surface area contributed by atoms with Gasteiger partial charge in [-0.3, -0.25) is 0 Å². The highest BCUT2D eigenvalue weighted by molar-refractivity contribution is 7.25. The maximum atomic E-state index is 6.04. The van der Waals surface area contributed by atoms with Crippen LogP contribution in [0.2, 0.25) is 0 Å². The van der Waals surface area contributed by atoms with Crippen LogP contribution >= 0.6 is 11.3 Å². The van der Waals surface area contributed by atoms with Crippen LogP contribution in [0.15, 0.2) is 168 Å². The first-order valence-electron chi connectivity index (χ1n) is 16.6. The fourth-order valence-corrected chi connectivity index (χ4v) is 7.98. The second kappa shape index (κ2) is 11.6. The minimum absolute atomic E-state index is 0.664. The molecular weight excluding hydrogens is 631 g/mol. The fraction of sp³-hybridized carbons (Fsp3) is 0. The van der Waals surface area contributed by atoms with Crippen molar-refractivity contribution >= 4 is 53.4 Å². The van der Waals surface area contributed by atoms with Gasteiger partial charge in [-0.25, -0.2) is 15.0 Å². The first-order valence-corrected chi connectivity index (χ1v) is 17.4. The number of para-hydroxylation sites is 1. The third-order valence-corrected chi connectivity index (χ3v) is 10.5. The van der Waals surface area contributed by atoms with Gasteiger partial charge < -0.3 is 4.42 Å². The summed E-state index contributed by atoms with van der Waals surface area (Å²) < 4.78 is 8.50. The van der Waals surface area contributed by atoms with Gasteiger partial charge in [0.05, 0.1) is 0 Å². The highest BCUT2D eigenvalue weighted by Crippen LogP contribution is 2.39. The summed E-state index contributed by atoms with van der Waals surface area (Å²) in [6.07, 6.45) is 0. The zero-order valence-electron chi connectivity index (χ0n) is 26.7. The first kappa shape index (κ1) is 28.6. The SMILES string of the molecule is c1ccc(-c2nc(-c3ccccc3)nc(-c3ccc4c(c3)sc3cc(-c5ccc(-c6ccc7oc8ccccc8c7c6)cc5)ccc34)n2)cc1. The molecule has 0 saturated carbocycles. The molecule has 10 aromatic rings. The minimum Gasteiger partial charge on any atom is -0.456 e. The van der Waals surface area contributed by atoms with E-state index < -0.39 is 0 Å². The molecule has 0 saturated heterocycles. The Morgan fingerprint density at radius 2 is 0.780 bits per heavy atom.